The number of aliphatic hydroxyl groups excluding tert-OH is 1. The molecule has 1 fully saturated rings. The molecule has 2 aromatic carbocycles. The van der Waals surface area contributed by atoms with Gasteiger partial charge < -0.3 is 5.11 Å². The van der Waals surface area contributed by atoms with E-state index in [1.54, 1.807) is 42.7 Å². The van der Waals surface area contributed by atoms with Gasteiger partial charge >= 0.3 is 5.91 Å². The van der Waals surface area contributed by atoms with Crippen molar-refractivity contribution < 1.29 is 14.7 Å². The molecule has 8 heteroatoms. The minimum atomic E-state index is -0.840. The van der Waals surface area contributed by atoms with Gasteiger partial charge in [0.15, 0.2) is 5.13 Å². The molecule has 0 spiro atoms. The highest BCUT2D eigenvalue weighted by atomic mass is 79.9. The van der Waals surface area contributed by atoms with Gasteiger partial charge in [-0.25, -0.2) is 4.98 Å². The van der Waals surface area contributed by atoms with E-state index >= 15 is 0 Å². The molecule has 0 saturated carbocycles. The van der Waals surface area contributed by atoms with Crippen molar-refractivity contribution in [3.63, 3.8) is 0 Å². The quantitative estimate of drug-likeness (QED) is 0.229. The summed E-state index contributed by atoms with van der Waals surface area (Å²) in [7, 11) is 0. The highest BCUT2D eigenvalue weighted by molar-refractivity contribution is 9.10. The van der Waals surface area contributed by atoms with Crippen LogP contribution in [0.25, 0.3) is 16.0 Å². The molecule has 6 nitrogen and oxygen atoms in total. The second-order valence-corrected chi connectivity index (χ2v) is 9.25. The number of anilines is 1. The predicted octanol–water partition coefficient (Wildman–Crippen LogP) is 5.39. The smallest absolute Gasteiger partial charge is 0.301 e. The molecule has 1 atom stereocenters. The van der Waals surface area contributed by atoms with Gasteiger partial charge in [0.25, 0.3) is 5.78 Å². The first kappa shape index (κ1) is 20.5. The maximum absolute atomic E-state index is 13.2. The molecule has 0 aliphatic carbocycles. The van der Waals surface area contributed by atoms with E-state index in [1.165, 1.54) is 16.2 Å². The molecular weight excluding hydrogens is 490 g/mol. The summed E-state index contributed by atoms with van der Waals surface area (Å²) in [4.78, 5) is 36.5. The van der Waals surface area contributed by atoms with E-state index in [4.69, 9.17) is 0 Å². The number of fused-ring (bicyclic) bond motifs is 1. The first-order valence-corrected chi connectivity index (χ1v) is 11.4. The Kier molecular flexibility index (Phi) is 5.11. The van der Waals surface area contributed by atoms with Crippen LogP contribution < -0.4 is 4.90 Å². The van der Waals surface area contributed by atoms with Crippen LogP contribution >= 0.6 is 27.3 Å². The van der Waals surface area contributed by atoms with Crippen LogP contribution in [0.4, 0.5) is 5.13 Å². The summed E-state index contributed by atoms with van der Waals surface area (Å²) in [5, 5.41) is 11.6. The van der Waals surface area contributed by atoms with E-state index in [0.29, 0.717) is 16.3 Å². The lowest BCUT2D eigenvalue weighted by Gasteiger charge is -2.22. The van der Waals surface area contributed by atoms with Crippen LogP contribution in [0.2, 0.25) is 0 Å². The SMILES string of the molecule is Cc1cc(/C(O)=C2\C(=O)C(=O)N(c3nc4ccccc4s3)C2c2cccnc2)ccc1Br. The second-order valence-electron chi connectivity index (χ2n) is 7.38. The van der Waals surface area contributed by atoms with Crippen molar-refractivity contribution in [1.82, 2.24) is 9.97 Å². The fraction of sp³-hybridized carbons (Fsp3) is 0.0833. The zero-order chi connectivity index (χ0) is 22.4. The monoisotopic (exact) mass is 505 g/mol. The highest BCUT2D eigenvalue weighted by Gasteiger charge is 2.48. The fourth-order valence-corrected chi connectivity index (χ4v) is 5.03. The van der Waals surface area contributed by atoms with Crippen LogP contribution in [0.1, 0.15) is 22.7 Å². The number of nitrogens with zero attached hydrogens (tertiary/aromatic N) is 3. The van der Waals surface area contributed by atoms with Crippen molar-refractivity contribution in [2.24, 2.45) is 0 Å². The van der Waals surface area contributed by atoms with Crippen LogP contribution in [-0.2, 0) is 9.59 Å². The lowest BCUT2D eigenvalue weighted by atomic mass is 9.96. The van der Waals surface area contributed by atoms with Gasteiger partial charge in [-0.1, -0.05) is 51.5 Å². The summed E-state index contributed by atoms with van der Waals surface area (Å²) in [6, 6.07) is 15.5. The van der Waals surface area contributed by atoms with E-state index in [2.05, 4.69) is 25.9 Å². The van der Waals surface area contributed by atoms with E-state index in [9.17, 15) is 14.7 Å². The van der Waals surface area contributed by atoms with Gasteiger partial charge in [-0.3, -0.25) is 19.5 Å². The van der Waals surface area contributed by atoms with Crippen LogP contribution in [0.3, 0.4) is 0 Å². The van der Waals surface area contributed by atoms with E-state index < -0.39 is 17.7 Å². The minimum Gasteiger partial charge on any atom is -0.507 e. The molecule has 158 valence electrons. The molecular formula is C24H16BrN3O3S. The molecule has 1 amide bonds. The summed E-state index contributed by atoms with van der Waals surface area (Å²) in [5.74, 6) is -1.71. The Morgan fingerprint density at radius 3 is 2.66 bits per heavy atom. The Hall–Kier alpha value is -3.36. The minimum absolute atomic E-state index is 0.0176. The number of hydrogen-bond acceptors (Lipinski definition) is 6. The molecule has 3 heterocycles. The Bertz CT molecular complexity index is 1380. The van der Waals surface area contributed by atoms with Crippen molar-refractivity contribution >= 4 is 60.1 Å². The number of halogens is 1. The Morgan fingerprint density at radius 2 is 1.94 bits per heavy atom. The number of pyridine rings is 1. The van der Waals surface area contributed by atoms with Crippen molar-refractivity contribution in [3.05, 3.63) is 93.7 Å². The van der Waals surface area contributed by atoms with Crippen LogP contribution in [0.5, 0.6) is 0 Å². The van der Waals surface area contributed by atoms with Crippen molar-refractivity contribution in [2.75, 3.05) is 4.90 Å². The average Bonchev–Trinajstić information content (AvgIpc) is 3.34. The predicted molar refractivity (Wildman–Crippen MR) is 128 cm³/mol. The normalized spacial score (nSPS) is 17.9. The van der Waals surface area contributed by atoms with Gasteiger partial charge in [-0.2, -0.15) is 0 Å². The number of carbonyl (C=O) groups excluding carboxylic acids is 2. The molecule has 32 heavy (non-hydrogen) atoms. The molecule has 1 N–H and O–H groups in total. The largest absolute Gasteiger partial charge is 0.507 e. The molecule has 1 aliphatic rings. The Labute approximate surface area is 196 Å². The number of aliphatic hydroxyl groups is 1. The summed E-state index contributed by atoms with van der Waals surface area (Å²) in [6.45, 7) is 1.89. The number of aromatic nitrogens is 2. The molecule has 1 aliphatic heterocycles. The van der Waals surface area contributed by atoms with Crippen LogP contribution in [0.15, 0.2) is 77.0 Å². The third-order valence-electron chi connectivity index (χ3n) is 5.36. The van der Waals surface area contributed by atoms with Gasteiger partial charge in [0, 0.05) is 22.4 Å². The van der Waals surface area contributed by atoms with Gasteiger partial charge in [-0.15, -0.1) is 0 Å². The van der Waals surface area contributed by atoms with Crippen molar-refractivity contribution in [2.45, 2.75) is 13.0 Å². The van der Waals surface area contributed by atoms with Crippen molar-refractivity contribution in [3.8, 4) is 0 Å². The number of aryl methyl sites for hydroxylation is 1. The molecule has 2 aromatic heterocycles. The maximum atomic E-state index is 13.2. The number of benzene rings is 2. The van der Waals surface area contributed by atoms with Gasteiger partial charge in [0.2, 0.25) is 0 Å². The van der Waals surface area contributed by atoms with Gasteiger partial charge in [0.05, 0.1) is 21.8 Å². The molecule has 5 rings (SSSR count). The summed E-state index contributed by atoms with van der Waals surface area (Å²) < 4.78 is 1.78. The summed E-state index contributed by atoms with van der Waals surface area (Å²) in [6.07, 6.45) is 3.21. The fourth-order valence-electron chi connectivity index (χ4n) is 3.79. The first-order valence-electron chi connectivity index (χ1n) is 9.78. The first-order chi connectivity index (χ1) is 15.5. The van der Waals surface area contributed by atoms with E-state index in [-0.39, 0.29) is 11.3 Å². The number of hydrogen-bond donors (Lipinski definition) is 1. The summed E-state index contributed by atoms with van der Waals surface area (Å²) in [5.41, 5.74) is 2.72. The number of rotatable bonds is 3. The topological polar surface area (TPSA) is 83.4 Å². The number of thiazole rings is 1. The Morgan fingerprint density at radius 1 is 1.12 bits per heavy atom. The number of para-hydroxylation sites is 1. The second kappa shape index (κ2) is 7.96. The standard InChI is InChI=1S/C24H16BrN3O3S/c1-13-11-14(8-9-16(13)25)21(29)19-20(15-5-4-10-26-12-15)28(23(31)22(19)30)24-27-17-6-2-3-7-18(17)32-24/h2-12,20,29H,1H3/b21-19+. The van der Waals surface area contributed by atoms with Gasteiger partial charge in [0.1, 0.15) is 5.76 Å². The number of ketones is 1. The number of Topliss-reactive ketones (excluding diaryl/α,β-unsaturated/α-hetero) is 1. The number of amides is 1. The number of carbonyl (C=O) groups is 2. The molecule has 0 bridgehead atoms. The van der Waals surface area contributed by atoms with E-state index in [0.717, 1.165) is 20.3 Å². The third-order valence-corrected chi connectivity index (χ3v) is 7.29. The van der Waals surface area contributed by atoms with Crippen molar-refractivity contribution in [1.29, 1.82) is 0 Å². The molecule has 0 radical (unpaired) electrons. The lowest BCUT2D eigenvalue weighted by molar-refractivity contribution is -0.132. The zero-order valence-corrected chi connectivity index (χ0v) is 19.2. The molecule has 1 saturated heterocycles. The van der Waals surface area contributed by atoms with Crippen LogP contribution in [0, 0.1) is 6.92 Å². The molecule has 4 aromatic rings. The maximum Gasteiger partial charge on any atom is 0.301 e. The Balaban J connectivity index is 1.73. The zero-order valence-electron chi connectivity index (χ0n) is 16.8. The van der Waals surface area contributed by atoms with Crippen LogP contribution in [-0.4, -0.2) is 26.8 Å². The lowest BCUT2D eigenvalue weighted by Crippen LogP contribution is -2.29. The highest BCUT2D eigenvalue weighted by Crippen LogP contribution is 2.44. The average molecular weight is 506 g/mol. The van der Waals surface area contributed by atoms with Gasteiger partial charge in [-0.05, 0) is 48.4 Å². The summed E-state index contributed by atoms with van der Waals surface area (Å²) >= 11 is 4.77. The van der Waals surface area contributed by atoms with E-state index in [1.807, 2.05) is 31.2 Å². The molecule has 1 unspecified atom stereocenters. The third kappa shape index (κ3) is 3.32.